The maximum Gasteiger partial charge on any atom is 0.143 e. The Labute approximate surface area is 318 Å². The Bertz CT molecular complexity index is 3190. The van der Waals surface area contributed by atoms with Gasteiger partial charge in [0.05, 0.1) is 11.0 Å². The summed E-state index contributed by atoms with van der Waals surface area (Å²) in [6.07, 6.45) is 0. The van der Waals surface area contributed by atoms with Crippen LogP contribution in [-0.2, 0) is 0 Å². The maximum atomic E-state index is 6.54. The lowest BCUT2D eigenvalue weighted by atomic mass is 9.95. The van der Waals surface area contributed by atoms with Gasteiger partial charge in [-0.2, -0.15) is 0 Å². The second kappa shape index (κ2) is 12.6. The zero-order valence-corrected chi connectivity index (χ0v) is 29.9. The van der Waals surface area contributed by atoms with Crippen LogP contribution < -0.4 is 4.90 Å². The Morgan fingerprint density at radius 3 is 1.85 bits per heavy atom. The van der Waals surface area contributed by atoms with E-state index in [1.165, 1.54) is 27.4 Å². The minimum atomic E-state index is 0.902. The number of para-hydroxylation sites is 3. The van der Waals surface area contributed by atoms with E-state index in [0.29, 0.717) is 0 Å². The fraction of sp³-hybridized carbons (Fsp3) is 0. The molecule has 2 aromatic heterocycles. The number of hydrogen-bond donors (Lipinski definition) is 0. The van der Waals surface area contributed by atoms with Crippen LogP contribution in [0.3, 0.4) is 0 Å². The molecule has 0 spiro atoms. The SMILES string of the molecule is c1ccc(-c2cccc(N(c3ccc(-c4cc5ccccc5c5oc6ccccc6c45)cc3)c3ccc4c5ccccc5n(-c5ccccc5)c4c3)c2)cc1. The molecule has 0 aliphatic heterocycles. The molecule has 11 rings (SSSR count). The van der Waals surface area contributed by atoms with E-state index < -0.39 is 0 Å². The normalized spacial score (nSPS) is 11.6. The lowest BCUT2D eigenvalue weighted by molar-refractivity contribution is 0.673. The Morgan fingerprint density at radius 1 is 0.382 bits per heavy atom. The van der Waals surface area contributed by atoms with Crippen LogP contribution in [0.2, 0.25) is 0 Å². The number of fused-ring (bicyclic) bond motifs is 8. The van der Waals surface area contributed by atoms with E-state index >= 15 is 0 Å². The molecule has 0 unspecified atom stereocenters. The van der Waals surface area contributed by atoms with Gasteiger partial charge in [-0.25, -0.2) is 0 Å². The summed E-state index contributed by atoms with van der Waals surface area (Å²) in [6, 6.07) is 73.9. The van der Waals surface area contributed by atoms with Gasteiger partial charge in [0.15, 0.2) is 0 Å². The van der Waals surface area contributed by atoms with Crippen molar-refractivity contribution < 1.29 is 4.42 Å². The first-order valence-corrected chi connectivity index (χ1v) is 18.8. The highest BCUT2D eigenvalue weighted by atomic mass is 16.3. The number of nitrogens with zero attached hydrogens (tertiary/aromatic N) is 2. The van der Waals surface area contributed by atoms with Crippen LogP contribution in [0.4, 0.5) is 17.1 Å². The average Bonchev–Trinajstić information content (AvgIpc) is 3.81. The second-order valence-electron chi connectivity index (χ2n) is 14.1. The zero-order valence-electron chi connectivity index (χ0n) is 29.9. The summed E-state index contributed by atoms with van der Waals surface area (Å²) in [5.74, 6) is 0. The Hall–Kier alpha value is -7.36. The van der Waals surface area contributed by atoms with Crippen LogP contribution in [0.5, 0.6) is 0 Å². The molecule has 55 heavy (non-hydrogen) atoms. The molecule has 11 aromatic rings. The van der Waals surface area contributed by atoms with Gasteiger partial charge in [0, 0.05) is 49.7 Å². The summed E-state index contributed by atoms with van der Waals surface area (Å²) in [5.41, 5.74) is 13.2. The highest BCUT2D eigenvalue weighted by Gasteiger charge is 2.20. The van der Waals surface area contributed by atoms with Crippen LogP contribution in [0.15, 0.2) is 211 Å². The summed E-state index contributed by atoms with van der Waals surface area (Å²) < 4.78 is 8.93. The van der Waals surface area contributed by atoms with E-state index in [1.807, 2.05) is 6.07 Å². The van der Waals surface area contributed by atoms with E-state index in [-0.39, 0.29) is 0 Å². The number of rotatable bonds is 6. The molecule has 0 radical (unpaired) electrons. The first kappa shape index (κ1) is 31.2. The molecule has 0 bridgehead atoms. The molecule has 0 amide bonds. The number of benzene rings is 9. The standard InChI is InChI=1S/C52H34N2O/c1-3-14-35(15-4-1)37-17-13-20-41(32-37)53(42-30-31-45-44-22-9-11-24-48(44)54(49(45)34-42)39-18-5-2-6-19-39)40-28-26-36(27-29-40)47-33-38-16-7-8-21-43(38)52-51(47)46-23-10-12-25-50(46)55-52/h1-34H. The van der Waals surface area contributed by atoms with Crippen LogP contribution in [0, 0.1) is 0 Å². The summed E-state index contributed by atoms with van der Waals surface area (Å²) >= 11 is 0. The van der Waals surface area contributed by atoms with E-state index in [4.69, 9.17) is 4.42 Å². The number of anilines is 3. The molecule has 2 heterocycles. The summed E-state index contributed by atoms with van der Waals surface area (Å²) in [5, 5.41) is 7.03. The topological polar surface area (TPSA) is 21.3 Å². The van der Waals surface area contributed by atoms with Gasteiger partial charge in [-0.3, -0.25) is 0 Å². The lowest BCUT2D eigenvalue weighted by Crippen LogP contribution is -2.10. The molecule has 0 saturated carbocycles. The first-order chi connectivity index (χ1) is 27.3. The number of hydrogen-bond acceptors (Lipinski definition) is 2. The van der Waals surface area contributed by atoms with Crippen molar-refractivity contribution in [1.82, 2.24) is 4.57 Å². The Balaban J connectivity index is 1.12. The van der Waals surface area contributed by atoms with Gasteiger partial charge in [0.2, 0.25) is 0 Å². The third-order valence-corrected chi connectivity index (χ3v) is 10.9. The highest BCUT2D eigenvalue weighted by Crippen LogP contribution is 2.44. The molecular formula is C52H34N2O. The molecule has 9 aromatic carbocycles. The largest absolute Gasteiger partial charge is 0.455 e. The third-order valence-electron chi connectivity index (χ3n) is 10.9. The molecule has 0 N–H and O–H groups in total. The van der Waals surface area contributed by atoms with E-state index in [1.54, 1.807) is 0 Å². The molecule has 258 valence electrons. The maximum absolute atomic E-state index is 6.54. The summed E-state index contributed by atoms with van der Waals surface area (Å²) in [4.78, 5) is 2.38. The van der Waals surface area contributed by atoms with Crippen molar-refractivity contribution in [3.05, 3.63) is 206 Å². The van der Waals surface area contributed by atoms with E-state index in [9.17, 15) is 0 Å². The van der Waals surface area contributed by atoms with Crippen LogP contribution in [0.25, 0.3) is 82.5 Å². The van der Waals surface area contributed by atoms with Crippen LogP contribution in [-0.4, -0.2) is 4.57 Å². The van der Waals surface area contributed by atoms with Crippen molar-refractivity contribution >= 4 is 71.6 Å². The minimum Gasteiger partial charge on any atom is -0.455 e. The third kappa shape index (κ3) is 5.13. The number of aromatic nitrogens is 1. The van der Waals surface area contributed by atoms with Gasteiger partial charge in [-0.15, -0.1) is 0 Å². The van der Waals surface area contributed by atoms with Crippen molar-refractivity contribution in [3.8, 4) is 27.9 Å². The fourth-order valence-corrected chi connectivity index (χ4v) is 8.43. The molecule has 0 saturated heterocycles. The predicted molar refractivity (Wildman–Crippen MR) is 231 cm³/mol. The minimum absolute atomic E-state index is 0.902. The van der Waals surface area contributed by atoms with Crippen LogP contribution in [0.1, 0.15) is 0 Å². The van der Waals surface area contributed by atoms with Crippen molar-refractivity contribution in [2.75, 3.05) is 4.90 Å². The van der Waals surface area contributed by atoms with E-state index in [2.05, 4.69) is 210 Å². The van der Waals surface area contributed by atoms with Crippen LogP contribution >= 0.6 is 0 Å². The van der Waals surface area contributed by atoms with Crippen molar-refractivity contribution in [2.45, 2.75) is 0 Å². The van der Waals surface area contributed by atoms with Gasteiger partial charge >= 0.3 is 0 Å². The molecule has 3 heteroatoms. The Kier molecular flexibility index (Phi) is 7.17. The highest BCUT2D eigenvalue weighted by molar-refractivity contribution is 6.21. The summed E-state index contributed by atoms with van der Waals surface area (Å²) in [7, 11) is 0. The van der Waals surface area contributed by atoms with Crippen molar-refractivity contribution in [3.63, 3.8) is 0 Å². The second-order valence-corrected chi connectivity index (χ2v) is 14.1. The lowest BCUT2D eigenvalue weighted by Gasteiger charge is -2.26. The zero-order chi connectivity index (χ0) is 36.3. The molecular weight excluding hydrogens is 669 g/mol. The predicted octanol–water partition coefficient (Wildman–Crippen LogP) is 14.6. The molecule has 0 aliphatic rings. The van der Waals surface area contributed by atoms with E-state index in [0.717, 1.165) is 72.1 Å². The monoisotopic (exact) mass is 702 g/mol. The first-order valence-electron chi connectivity index (χ1n) is 18.8. The van der Waals surface area contributed by atoms with Gasteiger partial charge in [0.1, 0.15) is 11.2 Å². The van der Waals surface area contributed by atoms with Crippen molar-refractivity contribution in [2.24, 2.45) is 0 Å². The summed E-state index contributed by atoms with van der Waals surface area (Å²) in [6.45, 7) is 0. The van der Waals surface area contributed by atoms with Gasteiger partial charge in [-0.1, -0.05) is 140 Å². The number of furan rings is 1. The Morgan fingerprint density at radius 2 is 1.02 bits per heavy atom. The molecule has 0 fully saturated rings. The smallest absolute Gasteiger partial charge is 0.143 e. The molecule has 0 atom stereocenters. The quantitative estimate of drug-likeness (QED) is 0.172. The van der Waals surface area contributed by atoms with Crippen molar-refractivity contribution in [1.29, 1.82) is 0 Å². The molecule has 3 nitrogen and oxygen atoms in total. The fourth-order valence-electron chi connectivity index (χ4n) is 8.43. The molecule has 0 aliphatic carbocycles. The average molecular weight is 703 g/mol. The van der Waals surface area contributed by atoms with Gasteiger partial charge < -0.3 is 13.9 Å². The van der Waals surface area contributed by atoms with Gasteiger partial charge in [-0.05, 0) is 94.4 Å². The van der Waals surface area contributed by atoms with Gasteiger partial charge in [0.25, 0.3) is 0 Å².